The fourth-order valence-electron chi connectivity index (χ4n) is 5.67. The Balaban J connectivity index is 1.24. The highest BCUT2D eigenvalue weighted by Gasteiger charge is 2.32. The number of aryl methyl sites for hydroxylation is 2. The molecular weight excluding hydrogens is 400 g/mol. The van der Waals surface area contributed by atoms with Crippen molar-refractivity contribution in [1.82, 2.24) is 24.4 Å². The number of rotatable bonds is 2. The molecule has 0 aliphatic carbocycles. The molecule has 3 aliphatic rings. The molecule has 0 bridgehead atoms. The quantitative estimate of drug-likeness (QED) is 0.624. The maximum absolute atomic E-state index is 13.4. The monoisotopic (exact) mass is 430 g/mol. The van der Waals surface area contributed by atoms with Crippen LogP contribution in [-0.2, 0) is 30.7 Å². The van der Waals surface area contributed by atoms with E-state index in [1.165, 1.54) is 30.4 Å². The fraction of sp³-hybridized carbons (Fsp3) is 0.520. The molecule has 1 fully saturated rings. The third-order valence-electron chi connectivity index (χ3n) is 7.39. The van der Waals surface area contributed by atoms with Crippen molar-refractivity contribution >= 4 is 22.9 Å². The van der Waals surface area contributed by atoms with E-state index in [-0.39, 0.29) is 11.8 Å². The summed E-state index contributed by atoms with van der Waals surface area (Å²) in [6.07, 6.45) is 9.19. The van der Waals surface area contributed by atoms with Gasteiger partial charge in [0.1, 0.15) is 12.2 Å². The van der Waals surface area contributed by atoms with E-state index in [2.05, 4.69) is 48.6 Å². The average molecular weight is 431 g/mol. The lowest BCUT2D eigenvalue weighted by atomic mass is 9.94. The molecule has 0 N–H and O–H groups in total. The Bertz CT molecular complexity index is 1150. The number of fused-ring (bicyclic) bond motifs is 4. The molecule has 0 spiro atoms. The number of amides is 1. The second-order valence-corrected chi connectivity index (χ2v) is 9.42. The summed E-state index contributed by atoms with van der Waals surface area (Å²) in [5.74, 6) is 2.34. The van der Waals surface area contributed by atoms with Crippen molar-refractivity contribution in [2.45, 2.75) is 58.0 Å². The first-order valence-corrected chi connectivity index (χ1v) is 12.1. The molecular formula is C25H30N6O. The summed E-state index contributed by atoms with van der Waals surface area (Å²) < 4.78 is 2.28. The number of nitrogens with zero attached hydrogens (tertiary/aromatic N) is 6. The van der Waals surface area contributed by atoms with Gasteiger partial charge in [0, 0.05) is 39.1 Å². The SMILES string of the molecule is O=C(C1CCCN(c2ncnc3c2nc2n3CCCCC2)C1)N1CCc2ccccc2C1. The number of carbonyl (C=O) groups excluding carboxylic acids is 1. The van der Waals surface area contributed by atoms with Gasteiger partial charge in [-0.1, -0.05) is 30.7 Å². The molecule has 32 heavy (non-hydrogen) atoms. The predicted octanol–water partition coefficient (Wildman–Crippen LogP) is 3.35. The number of piperidine rings is 1. The Morgan fingerprint density at radius 1 is 0.938 bits per heavy atom. The van der Waals surface area contributed by atoms with Crippen LogP contribution < -0.4 is 4.90 Å². The third kappa shape index (κ3) is 3.44. The molecule has 1 atom stereocenters. The standard InChI is InChI=1S/C25H30N6O/c32-25(30-14-11-18-7-3-4-8-19(18)15-30)20-9-6-12-29(16-20)23-22-24(27-17-26-23)31-13-5-1-2-10-21(31)28-22/h3-4,7-8,17,20H,1-2,5-6,9-16H2. The van der Waals surface area contributed by atoms with Gasteiger partial charge in [-0.3, -0.25) is 4.79 Å². The van der Waals surface area contributed by atoms with Crippen LogP contribution in [0.1, 0.15) is 49.1 Å². The van der Waals surface area contributed by atoms with E-state index in [0.29, 0.717) is 6.54 Å². The van der Waals surface area contributed by atoms with Gasteiger partial charge in [-0.15, -0.1) is 0 Å². The summed E-state index contributed by atoms with van der Waals surface area (Å²) in [5.41, 5.74) is 4.53. The van der Waals surface area contributed by atoms with E-state index >= 15 is 0 Å². The van der Waals surface area contributed by atoms with Crippen LogP contribution in [0.5, 0.6) is 0 Å². The zero-order valence-electron chi connectivity index (χ0n) is 18.5. The van der Waals surface area contributed by atoms with Crippen molar-refractivity contribution in [3.05, 3.63) is 47.5 Å². The molecule has 2 aromatic heterocycles. The van der Waals surface area contributed by atoms with Gasteiger partial charge < -0.3 is 14.4 Å². The van der Waals surface area contributed by atoms with Gasteiger partial charge in [-0.2, -0.15) is 0 Å². The Morgan fingerprint density at radius 2 is 1.84 bits per heavy atom. The lowest BCUT2D eigenvalue weighted by Crippen LogP contribution is -2.46. The Labute approximate surface area is 188 Å². The highest BCUT2D eigenvalue weighted by atomic mass is 16.2. The van der Waals surface area contributed by atoms with Gasteiger partial charge >= 0.3 is 0 Å². The predicted molar refractivity (Wildman–Crippen MR) is 123 cm³/mol. The van der Waals surface area contributed by atoms with E-state index in [1.807, 2.05) is 0 Å². The number of imidazole rings is 1. The van der Waals surface area contributed by atoms with Crippen LogP contribution in [0.25, 0.3) is 11.2 Å². The number of aromatic nitrogens is 4. The van der Waals surface area contributed by atoms with Crippen LogP contribution in [0.3, 0.4) is 0 Å². The lowest BCUT2D eigenvalue weighted by Gasteiger charge is -2.37. The Morgan fingerprint density at radius 3 is 2.78 bits per heavy atom. The van der Waals surface area contributed by atoms with Crippen LogP contribution in [0.15, 0.2) is 30.6 Å². The maximum atomic E-state index is 13.4. The highest BCUT2D eigenvalue weighted by molar-refractivity contribution is 5.85. The second-order valence-electron chi connectivity index (χ2n) is 9.42. The lowest BCUT2D eigenvalue weighted by molar-refractivity contribution is -0.136. The van der Waals surface area contributed by atoms with Crippen molar-refractivity contribution in [2.24, 2.45) is 5.92 Å². The normalized spacial score (nSPS) is 21.2. The van der Waals surface area contributed by atoms with Crippen LogP contribution >= 0.6 is 0 Å². The van der Waals surface area contributed by atoms with E-state index < -0.39 is 0 Å². The summed E-state index contributed by atoms with van der Waals surface area (Å²) in [6.45, 7) is 4.17. The molecule has 3 aromatic rings. The summed E-state index contributed by atoms with van der Waals surface area (Å²) >= 11 is 0. The number of anilines is 1. The van der Waals surface area contributed by atoms with E-state index in [4.69, 9.17) is 4.98 Å². The van der Waals surface area contributed by atoms with Gasteiger partial charge in [-0.05, 0) is 43.2 Å². The minimum absolute atomic E-state index is 0.0134. The number of carbonyl (C=O) groups is 1. The third-order valence-corrected chi connectivity index (χ3v) is 7.39. The zero-order valence-corrected chi connectivity index (χ0v) is 18.5. The smallest absolute Gasteiger partial charge is 0.227 e. The maximum Gasteiger partial charge on any atom is 0.227 e. The summed E-state index contributed by atoms with van der Waals surface area (Å²) in [6, 6.07) is 8.50. The van der Waals surface area contributed by atoms with Gasteiger partial charge in [0.25, 0.3) is 0 Å². The van der Waals surface area contributed by atoms with Crippen molar-refractivity contribution < 1.29 is 4.79 Å². The number of hydrogen-bond donors (Lipinski definition) is 0. The van der Waals surface area contributed by atoms with Crippen LogP contribution in [0.2, 0.25) is 0 Å². The van der Waals surface area contributed by atoms with Crippen LogP contribution in [0.4, 0.5) is 5.82 Å². The highest BCUT2D eigenvalue weighted by Crippen LogP contribution is 2.30. The summed E-state index contributed by atoms with van der Waals surface area (Å²) in [5, 5.41) is 0. The van der Waals surface area contributed by atoms with E-state index in [0.717, 1.165) is 74.7 Å². The van der Waals surface area contributed by atoms with Crippen molar-refractivity contribution in [1.29, 1.82) is 0 Å². The molecule has 6 rings (SSSR count). The second kappa shape index (κ2) is 8.19. The molecule has 3 aliphatic heterocycles. The molecule has 1 unspecified atom stereocenters. The molecule has 166 valence electrons. The first kappa shape index (κ1) is 19.7. The number of hydrogen-bond acceptors (Lipinski definition) is 5. The van der Waals surface area contributed by atoms with Gasteiger partial charge in [0.15, 0.2) is 17.0 Å². The molecule has 0 radical (unpaired) electrons. The topological polar surface area (TPSA) is 67.2 Å². The number of benzene rings is 1. The average Bonchev–Trinajstić information content (AvgIpc) is 3.04. The molecule has 0 saturated carbocycles. The largest absolute Gasteiger partial charge is 0.354 e. The summed E-state index contributed by atoms with van der Waals surface area (Å²) in [7, 11) is 0. The van der Waals surface area contributed by atoms with Gasteiger partial charge in [-0.25, -0.2) is 15.0 Å². The zero-order chi connectivity index (χ0) is 21.5. The van der Waals surface area contributed by atoms with Crippen molar-refractivity contribution in [3.63, 3.8) is 0 Å². The van der Waals surface area contributed by atoms with Gasteiger partial charge in [0.2, 0.25) is 5.91 Å². The first-order valence-electron chi connectivity index (χ1n) is 12.1. The van der Waals surface area contributed by atoms with E-state index in [9.17, 15) is 4.79 Å². The van der Waals surface area contributed by atoms with E-state index in [1.54, 1.807) is 6.33 Å². The molecule has 5 heterocycles. The van der Waals surface area contributed by atoms with Crippen molar-refractivity contribution in [2.75, 3.05) is 24.5 Å². The Kier molecular flexibility index (Phi) is 5.04. The fourth-order valence-corrected chi connectivity index (χ4v) is 5.67. The molecule has 1 aromatic carbocycles. The molecule has 7 heteroatoms. The molecule has 7 nitrogen and oxygen atoms in total. The minimum atomic E-state index is 0.0134. The molecule has 1 saturated heterocycles. The summed E-state index contributed by atoms with van der Waals surface area (Å²) in [4.78, 5) is 32.0. The Hall–Kier alpha value is -2.96. The first-order chi connectivity index (χ1) is 15.8. The molecule has 1 amide bonds. The van der Waals surface area contributed by atoms with Crippen LogP contribution in [0, 0.1) is 5.92 Å². The van der Waals surface area contributed by atoms with Gasteiger partial charge in [0.05, 0.1) is 5.92 Å². The van der Waals surface area contributed by atoms with Crippen LogP contribution in [-0.4, -0.2) is 50.0 Å². The van der Waals surface area contributed by atoms with Crippen molar-refractivity contribution in [3.8, 4) is 0 Å². The minimum Gasteiger partial charge on any atom is -0.354 e.